The first kappa shape index (κ1) is 25.6. The van der Waals surface area contributed by atoms with Gasteiger partial charge < -0.3 is 10.1 Å². The molecule has 1 saturated carbocycles. The molecule has 3 aromatic rings. The van der Waals surface area contributed by atoms with E-state index in [1.807, 2.05) is 73.7 Å². The number of nitrogens with one attached hydrogen (secondary N) is 1. The Hall–Kier alpha value is -3.47. The van der Waals surface area contributed by atoms with Crippen molar-refractivity contribution in [1.82, 2.24) is 5.32 Å². The molecule has 1 amide bonds. The van der Waals surface area contributed by atoms with Crippen LogP contribution in [0.4, 0.5) is 0 Å². The van der Waals surface area contributed by atoms with Crippen molar-refractivity contribution in [2.24, 2.45) is 11.8 Å². The van der Waals surface area contributed by atoms with Crippen LogP contribution in [0.15, 0.2) is 66.7 Å². The maximum Gasteiger partial charge on any atom is 0.308 e. The predicted molar refractivity (Wildman–Crippen MR) is 142 cm³/mol. The molecule has 0 bridgehead atoms. The van der Waals surface area contributed by atoms with E-state index in [1.54, 1.807) is 0 Å². The minimum absolute atomic E-state index is 0.0490. The number of carbonyl (C=O) groups is 3. The quantitative estimate of drug-likeness (QED) is 0.213. The number of ether oxygens (including phenoxy) is 1. The highest BCUT2D eigenvalue weighted by Gasteiger charge is 2.27. The van der Waals surface area contributed by atoms with Crippen molar-refractivity contribution in [2.75, 3.05) is 13.2 Å². The molecule has 1 aliphatic rings. The standard InChI is InChI=1S/C31H35NO4/c1-2-36-31(35)26-15-11-23(12-16-26)20-22-9-13-25(14-10-22)29(33)8-5-19-32-30(34)28-18-17-24-6-3-4-7-27(24)21-28/h3-4,6-7,9-10,13-14,17-18,21,23,26H,2,5,8,11-12,15-16,19-20H2,1H3,(H,32,34). The monoisotopic (exact) mass is 485 g/mol. The van der Waals surface area contributed by atoms with Gasteiger partial charge in [0.15, 0.2) is 5.78 Å². The molecule has 1 aliphatic carbocycles. The lowest BCUT2D eigenvalue weighted by Gasteiger charge is -2.27. The molecule has 3 aromatic carbocycles. The van der Waals surface area contributed by atoms with Crippen molar-refractivity contribution < 1.29 is 19.1 Å². The minimum Gasteiger partial charge on any atom is -0.466 e. The Labute approximate surface area is 213 Å². The van der Waals surface area contributed by atoms with Crippen LogP contribution >= 0.6 is 0 Å². The summed E-state index contributed by atoms with van der Waals surface area (Å²) in [5, 5.41) is 5.06. The molecule has 4 rings (SSSR count). The molecule has 0 radical (unpaired) electrons. The molecule has 0 heterocycles. The summed E-state index contributed by atoms with van der Waals surface area (Å²) in [6.07, 6.45) is 5.85. The fraction of sp³-hybridized carbons (Fsp3) is 0.387. The van der Waals surface area contributed by atoms with Gasteiger partial charge in [-0.25, -0.2) is 0 Å². The van der Waals surface area contributed by atoms with Crippen LogP contribution in [0.5, 0.6) is 0 Å². The average molecular weight is 486 g/mol. The fourth-order valence-corrected chi connectivity index (χ4v) is 5.05. The average Bonchev–Trinajstić information content (AvgIpc) is 2.91. The molecule has 0 saturated heterocycles. The van der Waals surface area contributed by atoms with E-state index < -0.39 is 0 Å². The summed E-state index contributed by atoms with van der Waals surface area (Å²) < 4.78 is 5.16. The van der Waals surface area contributed by atoms with Crippen molar-refractivity contribution in [3.8, 4) is 0 Å². The Morgan fingerprint density at radius 1 is 0.861 bits per heavy atom. The molecule has 0 aliphatic heterocycles. The van der Waals surface area contributed by atoms with Gasteiger partial charge in [0.05, 0.1) is 12.5 Å². The lowest BCUT2D eigenvalue weighted by molar-refractivity contribution is -0.149. The lowest BCUT2D eigenvalue weighted by Crippen LogP contribution is -2.24. The van der Waals surface area contributed by atoms with Crippen molar-refractivity contribution >= 4 is 28.4 Å². The second kappa shape index (κ2) is 12.5. The number of hydrogen-bond acceptors (Lipinski definition) is 4. The van der Waals surface area contributed by atoms with E-state index >= 15 is 0 Å². The number of benzene rings is 3. The van der Waals surface area contributed by atoms with Crippen LogP contribution in [0, 0.1) is 11.8 Å². The van der Waals surface area contributed by atoms with Gasteiger partial charge >= 0.3 is 5.97 Å². The Kier molecular flexibility index (Phi) is 8.88. The summed E-state index contributed by atoms with van der Waals surface area (Å²) in [5.74, 6) is 0.555. The number of rotatable bonds is 10. The van der Waals surface area contributed by atoms with Gasteiger partial charge in [-0.3, -0.25) is 14.4 Å². The zero-order valence-electron chi connectivity index (χ0n) is 21.0. The maximum absolute atomic E-state index is 12.6. The zero-order chi connectivity index (χ0) is 25.3. The number of ketones is 1. The normalized spacial score (nSPS) is 17.5. The van der Waals surface area contributed by atoms with E-state index in [0.29, 0.717) is 43.0 Å². The first-order valence-corrected chi connectivity index (χ1v) is 13.1. The van der Waals surface area contributed by atoms with Crippen LogP contribution in [-0.2, 0) is 16.0 Å². The number of carbonyl (C=O) groups excluding carboxylic acids is 3. The van der Waals surface area contributed by atoms with Crippen LogP contribution in [0.3, 0.4) is 0 Å². The highest BCUT2D eigenvalue weighted by molar-refractivity contribution is 5.99. The first-order chi connectivity index (χ1) is 17.5. The van der Waals surface area contributed by atoms with Crippen molar-refractivity contribution in [3.05, 3.63) is 83.4 Å². The molecule has 36 heavy (non-hydrogen) atoms. The number of amides is 1. The largest absolute Gasteiger partial charge is 0.466 e. The zero-order valence-corrected chi connectivity index (χ0v) is 21.0. The molecule has 5 nitrogen and oxygen atoms in total. The molecule has 5 heteroatoms. The third-order valence-electron chi connectivity index (χ3n) is 7.14. The topological polar surface area (TPSA) is 72.5 Å². The predicted octanol–water partition coefficient (Wildman–Crippen LogP) is 6.14. The van der Waals surface area contributed by atoms with Crippen molar-refractivity contribution in [3.63, 3.8) is 0 Å². The van der Waals surface area contributed by atoms with Crippen LogP contribution in [0.25, 0.3) is 10.8 Å². The van der Waals surface area contributed by atoms with Gasteiger partial charge in [-0.05, 0) is 79.8 Å². The second-order valence-electron chi connectivity index (χ2n) is 9.72. The highest BCUT2D eigenvalue weighted by atomic mass is 16.5. The van der Waals surface area contributed by atoms with Gasteiger partial charge in [0.1, 0.15) is 0 Å². The van der Waals surface area contributed by atoms with Crippen LogP contribution < -0.4 is 5.32 Å². The molecule has 0 spiro atoms. The Balaban J connectivity index is 1.18. The molecule has 188 valence electrons. The molecule has 0 unspecified atom stereocenters. The molecular formula is C31H35NO4. The summed E-state index contributed by atoms with van der Waals surface area (Å²) in [6, 6.07) is 21.5. The summed E-state index contributed by atoms with van der Waals surface area (Å²) in [7, 11) is 0. The van der Waals surface area contributed by atoms with Crippen LogP contribution in [-0.4, -0.2) is 30.8 Å². The Morgan fingerprint density at radius 2 is 1.56 bits per heavy atom. The third-order valence-corrected chi connectivity index (χ3v) is 7.14. The minimum atomic E-state index is -0.117. The van der Waals surface area contributed by atoms with Gasteiger partial charge in [0.2, 0.25) is 0 Å². The van der Waals surface area contributed by atoms with E-state index in [2.05, 4.69) is 5.32 Å². The lowest BCUT2D eigenvalue weighted by atomic mass is 9.79. The second-order valence-corrected chi connectivity index (χ2v) is 9.72. The number of esters is 1. The van der Waals surface area contributed by atoms with E-state index in [9.17, 15) is 14.4 Å². The summed E-state index contributed by atoms with van der Waals surface area (Å²) in [4.78, 5) is 37.0. The molecular weight excluding hydrogens is 450 g/mol. The van der Waals surface area contributed by atoms with Gasteiger partial charge in [0, 0.05) is 24.1 Å². The van der Waals surface area contributed by atoms with Gasteiger partial charge in [-0.15, -0.1) is 0 Å². The number of Topliss-reactive ketones (excluding diaryl/α,β-unsaturated/α-hetero) is 1. The Bertz CT molecular complexity index is 1190. The molecule has 1 N–H and O–H groups in total. The third kappa shape index (κ3) is 6.81. The summed E-state index contributed by atoms with van der Waals surface area (Å²) >= 11 is 0. The number of fused-ring (bicyclic) bond motifs is 1. The van der Waals surface area contributed by atoms with Crippen LogP contribution in [0.1, 0.15) is 71.7 Å². The van der Waals surface area contributed by atoms with Gasteiger partial charge in [-0.1, -0.05) is 54.6 Å². The fourth-order valence-electron chi connectivity index (χ4n) is 5.05. The van der Waals surface area contributed by atoms with Crippen molar-refractivity contribution in [2.45, 2.75) is 51.9 Å². The SMILES string of the molecule is CCOC(=O)C1CCC(Cc2ccc(C(=O)CCCNC(=O)c3ccc4ccccc4c3)cc2)CC1. The van der Waals surface area contributed by atoms with Crippen molar-refractivity contribution in [1.29, 1.82) is 0 Å². The highest BCUT2D eigenvalue weighted by Crippen LogP contribution is 2.32. The Morgan fingerprint density at radius 3 is 2.28 bits per heavy atom. The van der Waals surface area contributed by atoms with E-state index in [0.717, 1.165) is 42.9 Å². The number of hydrogen-bond donors (Lipinski definition) is 1. The van der Waals surface area contributed by atoms with E-state index in [4.69, 9.17) is 4.74 Å². The van der Waals surface area contributed by atoms with Crippen LogP contribution in [0.2, 0.25) is 0 Å². The van der Waals surface area contributed by atoms with E-state index in [-0.39, 0.29) is 23.6 Å². The first-order valence-electron chi connectivity index (χ1n) is 13.1. The maximum atomic E-state index is 12.6. The summed E-state index contributed by atoms with van der Waals surface area (Å²) in [5.41, 5.74) is 2.57. The van der Waals surface area contributed by atoms with E-state index in [1.165, 1.54) is 5.56 Å². The summed E-state index contributed by atoms with van der Waals surface area (Å²) in [6.45, 7) is 2.76. The van der Waals surface area contributed by atoms with Gasteiger partial charge in [0.25, 0.3) is 5.91 Å². The molecule has 0 aromatic heterocycles. The van der Waals surface area contributed by atoms with Gasteiger partial charge in [-0.2, -0.15) is 0 Å². The molecule has 0 atom stereocenters. The smallest absolute Gasteiger partial charge is 0.308 e. The molecule has 1 fully saturated rings.